The van der Waals surface area contributed by atoms with Crippen LogP contribution in [-0.2, 0) is 11.3 Å². The number of carboxylic acids is 1. The maximum Gasteiger partial charge on any atom is 0.336 e. The second kappa shape index (κ2) is 5.46. The molecule has 1 aliphatic heterocycles. The van der Waals surface area contributed by atoms with E-state index in [1.54, 1.807) is 6.07 Å². The minimum absolute atomic E-state index is 0.0358. The average molecular weight is 253 g/mol. The van der Waals surface area contributed by atoms with Gasteiger partial charge in [0.2, 0.25) is 0 Å². The van der Waals surface area contributed by atoms with Crippen LogP contribution in [0.4, 0.5) is 4.39 Å². The summed E-state index contributed by atoms with van der Waals surface area (Å²) in [5.74, 6) is -1.61. The number of aromatic carboxylic acids is 1. The van der Waals surface area contributed by atoms with Crippen molar-refractivity contribution in [1.82, 2.24) is 4.90 Å². The molecule has 0 spiro atoms. The molecule has 5 heteroatoms. The van der Waals surface area contributed by atoms with Crippen LogP contribution in [0.15, 0.2) is 18.2 Å². The topological polar surface area (TPSA) is 49.8 Å². The Morgan fingerprint density at radius 1 is 1.61 bits per heavy atom. The van der Waals surface area contributed by atoms with Gasteiger partial charge in [0.15, 0.2) is 0 Å². The van der Waals surface area contributed by atoms with E-state index >= 15 is 0 Å². The van der Waals surface area contributed by atoms with Crippen molar-refractivity contribution in [2.45, 2.75) is 19.5 Å². The highest BCUT2D eigenvalue weighted by Crippen LogP contribution is 2.17. The molecule has 98 valence electrons. The molecule has 1 aliphatic rings. The van der Waals surface area contributed by atoms with Gasteiger partial charge in [0.25, 0.3) is 0 Å². The van der Waals surface area contributed by atoms with Crippen LogP contribution in [0.2, 0.25) is 0 Å². The second-order valence-corrected chi connectivity index (χ2v) is 4.50. The first-order chi connectivity index (χ1) is 8.58. The fourth-order valence-electron chi connectivity index (χ4n) is 2.10. The number of nitrogens with zero attached hydrogens (tertiary/aromatic N) is 1. The Hall–Kier alpha value is -1.46. The summed E-state index contributed by atoms with van der Waals surface area (Å²) in [5, 5.41) is 9.08. The molecule has 0 saturated carbocycles. The summed E-state index contributed by atoms with van der Waals surface area (Å²) in [6.07, 6.45) is 0. The van der Waals surface area contributed by atoms with Crippen molar-refractivity contribution in [1.29, 1.82) is 0 Å². The molecular weight excluding hydrogens is 237 g/mol. The zero-order valence-electron chi connectivity index (χ0n) is 10.2. The van der Waals surface area contributed by atoms with Gasteiger partial charge in [0.05, 0.1) is 18.8 Å². The number of carboxylic acid groups (broad SMARTS) is 1. The van der Waals surface area contributed by atoms with Crippen molar-refractivity contribution >= 4 is 5.97 Å². The number of hydrogen-bond donors (Lipinski definition) is 1. The van der Waals surface area contributed by atoms with Gasteiger partial charge in [0, 0.05) is 19.1 Å². The van der Waals surface area contributed by atoms with E-state index in [1.165, 1.54) is 6.07 Å². The van der Waals surface area contributed by atoms with Gasteiger partial charge in [-0.15, -0.1) is 0 Å². The van der Waals surface area contributed by atoms with Gasteiger partial charge >= 0.3 is 5.97 Å². The zero-order chi connectivity index (χ0) is 13.1. The van der Waals surface area contributed by atoms with E-state index in [-0.39, 0.29) is 11.6 Å². The van der Waals surface area contributed by atoms with Crippen molar-refractivity contribution in [2.24, 2.45) is 0 Å². The van der Waals surface area contributed by atoms with Gasteiger partial charge in [-0.1, -0.05) is 6.07 Å². The van der Waals surface area contributed by atoms with Gasteiger partial charge in [-0.05, 0) is 24.6 Å². The van der Waals surface area contributed by atoms with Gasteiger partial charge in [-0.3, -0.25) is 4.90 Å². The molecule has 1 aromatic carbocycles. The Balaban J connectivity index is 2.20. The second-order valence-electron chi connectivity index (χ2n) is 4.50. The van der Waals surface area contributed by atoms with Crippen LogP contribution in [0.3, 0.4) is 0 Å². The lowest BCUT2D eigenvalue weighted by Crippen LogP contribution is -2.43. The quantitative estimate of drug-likeness (QED) is 0.891. The molecule has 1 N–H and O–H groups in total. The highest BCUT2D eigenvalue weighted by Gasteiger charge is 2.21. The molecule has 18 heavy (non-hydrogen) atoms. The summed E-state index contributed by atoms with van der Waals surface area (Å²) in [5.41, 5.74) is 0.673. The van der Waals surface area contributed by atoms with E-state index in [1.807, 2.05) is 6.92 Å². The standard InChI is InChI=1S/C13H16FNO3/c1-9-8-18-5-4-15(9)7-10-2-3-11(14)6-12(10)13(16)17/h2-3,6,9H,4-5,7-8H2,1H3,(H,16,17). The van der Waals surface area contributed by atoms with Crippen LogP contribution in [0.5, 0.6) is 0 Å². The number of halogens is 1. The summed E-state index contributed by atoms with van der Waals surface area (Å²) in [7, 11) is 0. The summed E-state index contributed by atoms with van der Waals surface area (Å²) in [6.45, 7) is 4.59. The SMILES string of the molecule is CC1COCCN1Cc1ccc(F)cc1C(=O)O. The Morgan fingerprint density at radius 2 is 2.39 bits per heavy atom. The number of ether oxygens (including phenoxy) is 1. The summed E-state index contributed by atoms with van der Waals surface area (Å²) >= 11 is 0. The van der Waals surface area contributed by atoms with Crippen LogP contribution in [0.1, 0.15) is 22.8 Å². The fraction of sp³-hybridized carbons (Fsp3) is 0.462. The first-order valence-electron chi connectivity index (χ1n) is 5.91. The molecule has 0 aromatic heterocycles. The minimum atomic E-state index is -1.09. The molecule has 1 heterocycles. The smallest absolute Gasteiger partial charge is 0.336 e. The molecule has 1 unspecified atom stereocenters. The van der Waals surface area contributed by atoms with E-state index in [2.05, 4.69) is 4.90 Å². The van der Waals surface area contributed by atoms with Crippen molar-refractivity contribution in [3.05, 3.63) is 35.1 Å². The van der Waals surface area contributed by atoms with Crippen LogP contribution in [-0.4, -0.2) is 41.8 Å². The fourth-order valence-corrected chi connectivity index (χ4v) is 2.10. The molecule has 0 aliphatic carbocycles. The molecule has 0 amide bonds. The molecule has 0 bridgehead atoms. The lowest BCUT2D eigenvalue weighted by atomic mass is 10.1. The first-order valence-corrected chi connectivity index (χ1v) is 5.91. The van der Waals surface area contributed by atoms with Crippen LogP contribution < -0.4 is 0 Å². The molecular formula is C13H16FNO3. The molecule has 1 saturated heterocycles. The maximum absolute atomic E-state index is 13.1. The zero-order valence-corrected chi connectivity index (χ0v) is 10.2. The Bertz CT molecular complexity index is 450. The molecule has 1 atom stereocenters. The molecule has 1 fully saturated rings. The lowest BCUT2D eigenvalue weighted by Gasteiger charge is -2.33. The maximum atomic E-state index is 13.1. The Morgan fingerprint density at radius 3 is 3.06 bits per heavy atom. The van der Waals surface area contributed by atoms with E-state index in [4.69, 9.17) is 9.84 Å². The Labute approximate surface area is 105 Å². The third kappa shape index (κ3) is 2.86. The highest BCUT2D eigenvalue weighted by atomic mass is 19.1. The molecule has 2 rings (SSSR count). The molecule has 4 nitrogen and oxygen atoms in total. The van der Waals surface area contributed by atoms with Crippen LogP contribution >= 0.6 is 0 Å². The predicted octanol–water partition coefficient (Wildman–Crippen LogP) is 1.74. The lowest BCUT2D eigenvalue weighted by molar-refractivity contribution is -0.00452. The van der Waals surface area contributed by atoms with Crippen molar-refractivity contribution in [2.75, 3.05) is 19.8 Å². The van der Waals surface area contributed by atoms with Gasteiger partial charge < -0.3 is 9.84 Å². The number of carbonyl (C=O) groups is 1. The van der Waals surface area contributed by atoms with E-state index in [0.717, 1.165) is 12.6 Å². The summed E-state index contributed by atoms with van der Waals surface area (Å²) < 4.78 is 18.4. The summed E-state index contributed by atoms with van der Waals surface area (Å²) in [6, 6.07) is 4.15. The van der Waals surface area contributed by atoms with E-state index in [9.17, 15) is 9.18 Å². The number of benzene rings is 1. The van der Waals surface area contributed by atoms with Crippen LogP contribution in [0, 0.1) is 5.82 Å². The average Bonchev–Trinajstić information content (AvgIpc) is 2.34. The van der Waals surface area contributed by atoms with Crippen molar-refractivity contribution in [3.8, 4) is 0 Å². The first kappa shape index (κ1) is 13.0. The minimum Gasteiger partial charge on any atom is -0.478 e. The molecule has 1 aromatic rings. The van der Waals surface area contributed by atoms with E-state index in [0.29, 0.717) is 25.3 Å². The van der Waals surface area contributed by atoms with Crippen LogP contribution in [0.25, 0.3) is 0 Å². The highest BCUT2D eigenvalue weighted by molar-refractivity contribution is 5.89. The number of morpholine rings is 1. The number of rotatable bonds is 3. The number of hydrogen-bond acceptors (Lipinski definition) is 3. The largest absolute Gasteiger partial charge is 0.478 e. The van der Waals surface area contributed by atoms with Gasteiger partial charge in [0.1, 0.15) is 5.82 Å². The van der Waals surface area contributed by atoms with E-state index < -0.39 is 11.8 Å². The Kier molecular flexibility index (Phi) is 3.93. The third-order valence-electron chi connectivity index (χ3n) is 3.18. The normalized spacial score (nSPS) is 20.9. The monoisotopic (exact) mass is 253 g/mol. The molecule has 0 radical (unpaired) electrons. The summed E-state index contributed by atoms with van der Waals surface area (Å²) in [4.78, 5) is 13.2. The third-order valence-corrected chi connectivity index (χ3v) is 3.18. The van der Waals surface area contributed by atoms with Gasteiger partial charge in [-0.25, -0.2) is 9.18 Å². The predicted molar refractivity (Wildman–Crippen MR) is 64.1 cm³/mol. The van der Waals surface area contributed by atoms with Gasteiger partial charge in [-0.2, -0.15) is 0 Å². The van der Waals surface area contributed by atoms with Crippen molar-refractivity contribution < 1.29 is 19.0 Å². The van der Waals surface area contributed by atoms with Crippen molar-refractivity contribution in [3.63, 3.8) is 0 Å².